The van der Waals surface area contributed by atoms with Gasteiger partial charge in [0, 0.05) is 5.39 Å². The molecule has 0 fully saturated rings. The largest absolute Gasteiger partial charge is 0.480 e. The van der Waals surface area contributed by atoms with E-state index in [4.69, 9.17) is 0 Å². The number of hydrogen-bond donors (Lipinski definition) is 2. The summed E-state index contributed by atoms with van der Waals surface area (Å²) in [6, 6.07) is 5.07. The summed E-state index contributed by atoms with van der Waals surface area (Å²) in [5, 5.41) is 12.1. The van der Waals surface area contributed by atoms with Gasteiger partial charge in [-0.2, -0.15) is 13.2 Å². The zero-order chi connectivity index (χ0) is 16.5. The molecule has 2 rings (SSSR count). The number of aliphatic carboxylic acids is 1. The molecule has 0 radical (unpaired) electrons. The van der Waals surface area contributed by atoms with E-state index in [1.807, 2.05) is 0 Å². The first-order valence-corrected chi connectivity index (χ1v) is 6.53. The molecule has 118 valence electrons. The van der Waals surface area contributed by atoms with Crippen molar-refractivity contribution in [3.05, 3.63) is 30.1 Å². The van der Waals surface area contributed by atoms with Crippen LogP contribution in [0.1, 0.15) is 19.7 Å². The summed E-state index contributed by atoms with van der Waals surface area (Å²) in [6.45, 7) is 3.31. The highest BCUT2D eigenvalue weighted by atomic mass is 19.4. The second kappa shape index (κ2) is 5.78. The Morgan fingerprint density at radius 3 is 2.41 bits per heavy atom. The Balaban J connectivity index is 2.58. The van der Waals surface area contributed by atoms with Crippen LogP contribution >= 0.6 is 0 Å². The number of halogens is 3. The number of benzene rings is 1. The van der Waals surface area contributed by atoms with Crippen LogP contribution in [0.15, 0.2) is 24.3 Å². The Labute approximate surface area is 124 Å². The predicted octanol–water partition coefficient (Wildman–Crippen LogP) is 3.17. The van der Waals surface area contributed by atoms with Crippen molar-refractivity contribution in [3.8, 4) is 0 Å². The molecule has 2 N–H and O–H groups in total. The Morgan fingerprint density at radius 1 is 1.23 bits per heavy atom. The molecule has 0 bridgehead atoms. The van der Waals surface area contributed by atoms with E-state index >= 15 is 0 Å². The van der Waals surface area contributed by atoms with Gasteiger partial charge < -0.3 is 10.4 Å². The topological polar surface area (TPSA) is 75.1 Å². The Morgan fingerprint density at radius 2 is 1.86 bits per heavy atom. The third-order valence-electron chi connectivity index (χ3n) is 3.08. The minimum Gasteiger partial charge on any atom is -0.480 e. The standard InChI is InChI=1S/C14H14F3N3O2/c1-7(2)10(12(21)22)19-11-8-5-3-4-6-9(8)18-13(20-11)14(15,16)17/h3-7,10H,1-2H3,(H,21,22)(H,18,19,20)/t10-/m0/s1. The van der Waals surface area contributed by atoms with Crippen molar-refractivity contribution in [2.45, 2.75) is 26.1 Å². The van der Waals surface area contributed by atoms with E-state index in [-0.39, 0.29) is 17.3 Å². The first-order chi connectivity index (χ1) is 10.2. The van der Waals surface area contributed by atoms with E-state index in [0.717, 1.165) is 0 Å². The van der Waals surface area contributed by atoms with Crippen molar-refractivity contribution in [1.82, 2.24) is 9.97 Å². The summed E-state index contributed by atoms with van der Waals surface area (Å²) in [6.07, 6.45) is -4.71. The highest BCUT2D eigenvalue weighted by molar-refractivity contribution is 5.91. The number of hydrogen-bond acceptors (Lipinski definition) is 4. The summed E-state index contributed by atoms with van der Waals surface area (Å²) >= 11 is 0. The van der Waals surface area contributed by atoms with Crippen LogP contribution in [0.2, 0.25) is 0 Å². The van der Waals surface area contributed by atoms with Crippen molar-refractivity contribution in [1.29, 1.82) is 0 Å². The molecule has 8 heteroatoms. The first kappa shape index (κ1) is 16.0. The molecule has 1 atom stereocenters. The number of carboxylic acids is 1. The predicted molar refractivity (Wildman–Crippen MR) is 74.4 cm³/mol. The number of rotatable bonds is 4. The molecule has 0 aliphatic rings. The van der Waals surface area contributed by atoms with E-state index in [0.29, 0.717) is 5.39 Å². The van der Waals surface area contributed by atoms with Crippen LogP contribution in [0.5, 0.6) is 0 Å². The van der Waals surface area contributed by atoms with Crippen LogP contribution in [-0.4, -0.2) is 27.1 Å². The van der Waals surface area contributed by atoms with Gasteiger partial charge in [-0.15, -0.1) is 0 Å². The van der Waals surface area contributed by atoms with Crippen LogP contribution < -0.4 is 5.32 Å². The van der Waals surface area contributed by atoms with Crippen LogP contribution in [0.25, 0.3) is 10.9 Å². The van der Waals surface area contributed by atoms with Crippen molar-refractivity contribution < 1.29 is 23.1 Å². The van der Waals surface area contributed by atoms with Gasteiger partial charge in [0.1, 0.15) is 11.9 Å². The number of alkyl halides is 3. The maximum Gasteiger partial charge on any atom is 0.451 e. The summed E-state index contributed by atoms with van der Waals surface area (Å²) in [7, 11) is 0. The summed E-state index contributed by atoms with van der Waals surface area (Å²) < 4.78 is 38.6. The SMILES string of the molecule is CC(C)[C@H](Nc1nc(C(F)(F)F)nc2ccccc12)C(=O)O. The van der Waals surface area contributed by atoms with E-state index in [2.05, 4.69) is 15.3 Å². The molecule has 0 aliphatic carbocycles. The molecule has 0 amide bonds. The van der Waals surface area contributed by atoms with Crippen molar-refractivity contribution in [2.24, 2.45) is 5.92 Å². The Bertz CT molecular complexity index is 701. The Kier molecular flexibility index (Phi) is 4.20. The number of carboxylic acid groups (broad SMARTS) is 1. The smallest absolute Gasteiger partial charge is 0.451 e. The average Bonchev–Trinajstić information content (AvgIpc) is 2.42. The van der Waals surface area contributed by atoms with E-state index in [1.54, 1.807) is 26.0 Å². The van der Waals surface area contributed by atoms with Gasteiger partial charge in [-0.25, -0.2) is 14.8 Å². The fourth-order valence-corrected chi connectivity index (χ4v) is 1.97. The number of nitrogens with zero attached hydrogens (tertiary/aromatic N) is 2. The minimum absolute atomic E-state index is 0.0974. The molecule has 0 saturated heterocycles. The van der Waals surface area contributed by atoms with Gasteiger partial charge >= 0.3 is 12.1 Å². The zero-order valence-corrected chi connectivity index (χ0v) is 11.8. The third kappa shape index (κ3) is 3.26. The van der Waals surface area contributed by atoms with Gasteiger partial charge in [-0.05, 0) is 18.1 Å². The minimum atomic E-state index is -4.71. The highest BCUT2D eigenvalue weighted by Gasteiger charge is 2.36. The quantitative estimate of drug-likeness (QED) is 0.907. The fourth-order valence-electron chi connectivity index (χ4n) is 1.97. The van der Waals surface area contributed by atoms with Crippen LogP contribution in [-0.2, 0) is 11.0 Å². The normalized spacial score (nSPS) is 13.4. The molecule has 5 nitrogen and oxygen atoms in total. The van der Waals surface area contributed by atoms with Crippen LogP contribution in [0.3, 0.4) is 0 Å². The number of nitrogens with one attached hydrogen (secondary N) is 1. The van der Waals surface area contributed by atoms with Gasteiger partial charge in [-0.1, -0.05) is 26.0 Å². The zero-order valence-electron chi connectivity index (χ0n) is 11.8. The molecule has 0 spiro atoms. The number of aromatic nitrogens is 2. The number of anilines is 1. The summed E-state index contributed by atoms with van der Waals surface area (Å²) in [4.78, 5) is 18.2. The van der Waals surface area contributed by atoms with E-state index in [9.17, 15) is 23.1 Å². The van der Waals surface area contributed by atoms with Gasteiger partial charge in [0.2, 0.25) is 5.82 Å². The van der Waals surface area contributed by atoms with Crippen molar-refractivity contribution in [3.63, 3.8) is 0 Å². The monoisotopic (exact) mass is 313 g/mol. The van der Waals surface area contributed by atoms with Gasteiger partial charge in [-0.3, -0.25) is 0 Å². The Hall–Kier alpha value is -2.38. The molecule has 1 heterocycles. The maximum absolute atomic E-state index is 12.9. The lowest BCUT2D eigenvalue weighted by Gasteiger charge is -2.20. The molecule has 0 saturated carbocycles. The number of fused-ring (bicyclic) bond motifs is 1. The molecule has 2 aromatic rings. The molecule has 0 unspecified atom stereocenters. The van der Waals surface area contributed by atoms with Gasteiger partial charge in [0.15, 0.2) is 0 Å². The van der Waals surface area contributed by atoms with Gasteiger partial charge in [0.25, 0.3) is 0 Å². The molecule has 1 aromatic carbocycles. The van der Waals surface area contributed by atoms with Crippen molar-refractivity contribution >= 4 is 22.7 Å². The average molecular weight is 313 g/mol. The molecular formula is C14H14F3N3O2. The highest BCUT2D eigenvalue weighted by Crippen LogP contribution is 2.30. The lowest BCUT2D eigenvalue weighted by atomic mass is 10.0. The van der Waals surface area contributed by atoms with Crippen LogP contribution in [0, 0.1) is 5.92 Å². The first-order valence-electron chi connectivity index (χ1n) is 6.53. The molecule has 22 heavy (non-hydrogen) atoms. The fraction of sp³-hybridized carbons (Fsp3) is 0.357. The number of para-hydroxylation sites is 1. The lowest BCUT2D eigenvalue weighted by molar-refractivity contribution is -0.144. The maximum atomic E-state index is 12.9. The summed E-state index contributed by atoms with van der Waals surface area (Å²) in [5.74, 6) is -2.94. The lowest BCUT2D eigenvalue weighted by Crippen LogP contribution is -2.35. The molecule has 0 aliphatic heterocycles. The van der Waals surface area contributed by atoms with Crippen LogP contribution in [0.4, 0.5) is 19.0 Å². The molecular weight excluding hydrogens is 299 g/mol. The van der Waals surface area contributed by atoms with E-state index < -0.39 is 24.0 Å². The summed E-state index contributed by atoms with van der Waals surface area (Å²) in [5.41, 5.74) is 0.0974. The van der Waals surface area contributed by atoms with E-state index in [1.165, 1.54) is 12.1 Å². The number of carbonyl (C=O) groups is 1. The van der Waals surface area contributed by atoms with Crippen molar-refractivity contribution in [2.75, 3.05) is 5.32 Å². The van der Waals surface area contributed by atoms with Gasteiger partial charge in [0.05, 0.1) is 5.52 Å². The molecule has 1 aromatic heterocycles. The third-order valence-corrected chi connectivity index (χ3v) is 3.08. The second-order valence-electron chi connectivity index (χ2n) is 5.11. The second-order valence-corrected chi connectivity index (χ2v) is 5.11.